The van der Waals surface area contributed by atoms with E-state index in [-0.39, 0.29) is 45.1 Å². The van der Waals surface area contributed by atoms with Crippen molar-refractivity contribution in [2.45, 2.75) is 45.8 Å². The number of carbonyl (C=O) groups is 5. The SMILES string of the molecule is CC(=O)OCC1CN(C(=O)CCNC(=O)/C=C\C(=O)O)CCN1C(=O)OC(C)(C)C. The lowest BCUT2D eigenvalue weighted by atomic mass is 10.1. The summed E-state index contributed by atoms with van der Waals surface area (Å²) in [5.41, 5.74) is -0.691. The van der Waals surface area contributed by atoms with E-state index in [4.69, 9.17) is 14.6 Å². The summed E-state index contributed by atoms with van der Waals surface area (Å²) in [5, 5.41) is 10.9. The van der Waals surface area contributed by atoms with Gasteiger partial charge in [0.2, 0.25) is 11.8 Å². The first-order valence-electron chi connectivity index (χ1n) is 9.48. The Morgan fingerprint density at radius 1 is 1.13 bits per heavy atom. The average molecular weight is 427 g/mol. The van der Waals surface area contributed by atoms with Crippen LogP contribution in [-0.2, 0) is 28.7 Å². The molecule has 0 radical (unpaired) electrons. The molecule has 2 N–H and O–H groups in total. The molecule has 1 aliphatic heterocycles. The van der Waals surface area contributed by atoms with Gasteiger partial charge < -0.3 is 24.8 Å². The van der Waals surface area contributed by atoms with E-state index in [0.29, 0.717) is 6.08 Å². The lowest BCUT2D eigenvalue weighted by Gasteiger charge is -2.41. The number of carbonyl (C=O) groups excluding carboxylic acids is 4. The lowest BCUT2D eigenvalue weighted by molar-refractivity contribution is -0.144. The maximum atomic E-state index is 12.5. The molecule has 168 valence electrons. The second-order valence-electron chi connectivity index (χ2n) is 7.68. The molecule has 1 rings (SSSR count). The fraction of sp³-hybridized carbons (Fsp3) is 0.632. The van der Waals surface area contributed by atoms with Gasteiger partial charge in [0.25, 0.3) is 0 Å². The van der Waals surface area contributed by atoms with E-state index in [1.54, 1.807) is 20.8 Å². The normalized spacial score (nSPS) is 16.9. The van der Waals surface area contributed by atoms with E-state index in [9.17, 15) is 24.0 Å². The van der Waals surface area contributed by atoms with E-state index in [1.807, 2.05) is 0 Å². The Labute approximate surface area is 175 Å². The Balaban J connectivity index is 2.65. The molecule has 0 aromatic heterocycles. The van der Waals surface area contributed by atoms with Crippen molar-refractivity contribution in [2.75, 3.05) is 32.8 Å². The van der Waals surface area contributed by atoms with Gasteiger partial charge in [0.15, 0.2) is 0 Å². The highest BCUT2D eigenvalue weighted by atomic mass is 16.6. The van der Waals surface area contributed by atoms with Crippen LogP contribution in [0.25, 0.3) is 0 Å². The molecule has 11 nitrogen and oxygen atoms in total. The predicted molar refractivity (Wildman–Crippen MR) is 104 cm³/mol. The summed E-state index contributed by atoms with van der Waals surface area (Å²) in [6.07, 6.45) is 1.01. The monoisotopic (exact) mass is 427 g/mol. The van der Waals surface area contributed by atoms with Crippen molar-refractivity contribution < 1.29 is 38.6 Å². The molecule has 1 atom stereocenters. The van der Waals surface area contributed by atoms with Gasteiger partial charge in [0, 0.05) is 51.7 Å². The van der Waals surface area contributed by atoms with Crippen LogP contribution in [0.15, 0.2) is 12.2 Å². The van der Waals surface area contributed by atoms with Gasteiger partial charge in [-0.3, -0.25) is 19.3 Å². The van der Waals surface area contributed by atoms with Crippen molar-refractivity contribution in [3.8, 4) is 0 Å². The van der Waals surface area contributed by atoms with Crippen molar-refractivity contribution >= 4 is 29.8 Å². The number of nitrogens with one attached hydrogen (secondary N) is 1. The third kappa shape index (κ3) is 9.39. The number of hydrogen-bond donors (Lipinski definition) is 2. The minimum absolute atomic E-state index is 0.000621. The molecule has 1 aliphatic rings. The number of ether oxygens (including phenoxy) is 2. The zero-order valence-corrected chi connectivity index (χ0v) is 17.7. The number of esters is 1. The smallest absolute Gasteiger partial charge is 0.410 e. The highest BCUT2D eigenvalue weighted by Crippen LogP contribution is 2.17. The number of hydrogen-bond acceptors (Lipinski definition) is 7. The van der Waals surface area contributed by atoms with E-state index in [2.05, 4.69) is 5.32 Å². The third-order valence-corrected chi connectivity index (χ3v) is 3.96. The summed E-state index contributed by atoms with van der Waals surface area (Å²) in [6, 6.07) is -0.561. The zero-order chi connectivity index (χ0) is 22.9. The second-order valence-corrected chi connectivity index (χ2v) is 7.68. The van der Waals surface area contributed by atoms with E-state index >= 15 is 0 Å². The maximum Gasteiger partial charge on any atom is 0.410 e. The molecule has 30 heavy (non-hydrogen) atoms. The molecule has 11 heteroatoms. The van der Waals surface area contributed by atoms with Gasteiger partial charge in [-0.1, -0.05) is 0 Å². The van der Waals surface area contributed by atoms with Crippen LogP contribution in [0.2, 0.25) is 0 Å². The Bertz CT molecular complexity index is 698. The molecule has 0 aromatic rings. The largest absolute Gasteiger partial charge is 0.478 e. The molecule has 1 heterocycles. The fourth-order valence-corrected chi connectivity index (χ4v) is 2.66. The summed E-state index contributed by atoms with van der Waals surface area (Å²) in [4.78, 5) is 60.9. The maximum absolute atomic E-state index is 12.5. The Morgan fingerprint density at radius 3 is 2.37 bits per heavy atom. The summed E-state index contributed by atoms with van der Waals surface area (Å²) >= 11 is 0. The van der Waals surface area contributed by atoms with Crippen LogP contribution < -0.4 is 5.32 Å². The molecule has 1 unspecified atom stereocenters. The van der Waals surface area contributed by atoms with Gasteiger partial charge in [0.1, 0.15) is 12.2 Å². The minimum Gasteiger partial charge on any atom is -0.478 e. The van der Waals surface area contributed by atoms with Gasteiger partial charge >= 0.3 is 18.0 Å². The van der Waals surface area contributed by atoms with Crippen LogP contribution in [0.4, 0.5) is 4.79 Å². The first-order valence-corrected chi connectivity index (χ1v) is 9.48. The minimum atomic E-state index is -1.25. The highest BCUT2D eigenvalue weighted by molar-refractivity contribution is 5.94. The third-order valence-electron chi connectivity index (χ3n) is 3.96. The van der Waals surface area contributed by atoms with E-state index in [0.717, 1.165) is 6.08 Å². The van der Waals surface area contributed by atoms with Crippen molar-refractivity contribution in [2.24, 2.45) is 0 Å². The van der Waals surface area contributed by atoms with Gasteiger partial charge in [-0.25, -0.2) is 9.59 Å². The van der Waals surface area contributed by atoms with Crippen molar-refractivity contribution in [3.05, 3.63) is 12.2 Å². The van der Waals surface area contributed by atoms with Crippen LogP contribution in [0.3, 0.4) is 0 Å². The molecule has 1 fully saturated rings. The van der Waals surface area contributed by atoms with Crippen molar-refractivity contribution in [1.29, 1.82) is 0 Å². The van der Waals surface area contributed by atoms with Crippen LogP contribution in [-0.4, -0.2) is 89.2 Å². The van der Waals surface area contributed by atoms with Gasteiger partial charge in [-0.05, 0) is 20.8 Å². The Kier molecular flexibility index (Phi) is 9.28. The fourth-order valence-electron chi connectivity index (χ4n) is 2.66. The number of amides is 3. The summed E-state index contributed by atoms with van der Waals surface area (Å²) < 4.78 is 10.4. The van der Waals surface area contributed by atoms with Crippen LogP contribution in [0, 0.1) is 0 Å². The zero-order valence-electron chi connectivity index (χ0n) is 17.7. The number of carboxylic acid groups (broad SMARTS) is 1. The van der Waals surface area contributed by atoms with Crippen LogP contribution >= 0.6 is 0 Å². The van der Waals surface area contributed by atoms with Gasteiger partial charge in [-0.2, -0.15) is 0 Å². The molecule has 0 saturated carbocycles. The number of aliphatic carboxylic acids is 1. The summed E-state index contributed by atoms with van der Waals surface area (Å²) in [5.74, 6) is -2.62. The number of nitrogens with zero attached hydrogens (tertiary/aromatic N) is 2. The topological polar surface area (TPSA) is 143 Å². The van der Waals surface area contributed by atoms with Gasteiger partial charge in [0.05, 0.1) is 6.04 Å². The first kappa shape index (κ1) is 24.9. The molecule has 0 bridgehead atoms. The molecule has 0 aliphatic carbocycles. The molecule has 1 saturated heterocycles. The van der Waals surface area contributed by atoms with Crippen molar-refractivity contribution in [1.82, 2.24) is 15.1 Å². The first-order chi connectivity index (χ1) is 13.9. The quantitative estimate of drug-likeness (QED) is 0.432. The molecule has 3 amide bonds. The standard InChI is InChI=1S/C19H29N3O8/c1-13(23)29-12-14-11-21(9-10-22(14)18(28)30-19(2,3)4)16(25)7-8-20-15(24)5-6-17(26)27/h5-6,14H,7-12H2,1-4H3,(H,20,24)(H,26,27)/b6-5-. The summed E-state index contributed by atoms with van der Waals surface area (Å²) in [6.45, 7) is 7.06. The second kappa shape index (κ2) is 11.2. The van der Waals surface area contributed by atoms with Gasteiger partial charge in [-0.15, -0.1) is 0 Å². The molecule has 0 spiro atoms. The van der Waals surface area contributed by atoms with Crippen LogP contribution in [0.1, 0.15) is 34.1 Å². The number of carboxylic acids is 1. The van der Waals surface area contributed by atoms with Crippen molar-refractivity contribution in [3.63, 3.8) is 0 Å². The summed E-state index contributed by atoms with van der Waals surface area (Å²) in [7, 11) is 0. The molecule has 0 aromatic carbocycles. The van der Waals surface area contributed by atoms with E-state index < -0.39 is 35.6 Å². The lowest BCUT2D eigenvalue weighted by Crippen LogP contribution is -2.59. The molecular weight excluding hydrogens is 398 g/mol. The van der Waals surface area contributed by atoms with Crippen LogP contribution in [0.5, 0.6) is 0 Å². The van der Waals surface area contributed by atoms with E-state index in [1.165, 1.54) is 16.7 Å². The average Bonchev–Trinajstić information content (AvgIpc) is 2.62. The predicted octanol–water partition coefficient (Wildman–Crippen LogP) is 0.145. The molecular formula is C19H29N3O8. The Morgan fingerprint density at radius 2 is 1.80 bits per heavy atom. The number of rotatable bonds is 7. The Hall–Kier alpha value is -3.11. The number of piperazine rings is 1. The highest BCUT2D eigenvalue weighted by Gasteiger charge is 2.35.